The van der Waals surface area contributed by atoms with Crippen LogP contribution in [0, 0.1) is 0 Å². The average molecular weight is 278 g/mol. The van der Waals surface area contributed by atoms with Gasteiger partial charge in [0.05, 0.1) is 6.20 Å². The summed E-state index contributed by atoms with van der Waals surface area (Å²) in [4.78, 5) is 0. The molecule has 1 atom stereocenters. The van der Waals surface area contributed by atoms with Crippen LogP contribution in [0.15, 0.2) is 36.7 Å². The fourth-order valence-electron chi connectivity index (χ4n) is 1.89. The van der Waals surface area contributed by atoms with Crippen molar-refractivity contribution in [2.45, 2.75) is 39.4 Å². The molecule has 0 bridgehead atoms. The van der Waals surface area contributed by atoms with Crippen LogP contribution < -0.4 is 5.32 Å². The van der Waals surface area contributed by atoms with Gasteiger partial charge in [0.15, 0.2) is 0 Å². The van der Waals surface area contributed by atoms with Crippen molar-refractivity contribution in [2.24, 2.45) is 0 Å². The van der Waals surface area contributed by atoms with Crippen LogP contribution in [0.1, 0.15) is 44.0 Å². The molecule has 0 radical (unpaired) electrons. The summed E-state index contributed by atoms with van der Waals surface area (Å²) in [6.07, 6.45) is 4.01. The summed E-state index contributed by atoms with van der Waals surface area (Å²) in [5.74, 6) is 0. The van der Waals surface area contributed by atoms with E-state index in [0.717, 1.165) is 11.6 Å². The number of benzene rings is 1. The minimum atomic E-state index is 0.291. The fraction of sp³-hybridized carbons (Fsp3) is 0.400. The van der Waals surface area contributed by atoms with E-state index in [2.05, 4.69) is 49.5 Å². The van der Waals surface area contributed by atoms with Gasteiger partial charge in [-0.15, -0.1) is 0 Å². The van der Waals surface area contributed by atoms with Crippen LogP contribution in [0.5, 0.6) is 0 Å². The molecule has 102 valence electrons. The Hall–Kier alpha value is -1.32. The summed E-state index contributed by atoms with van der Waals surface area (Å²) in [6.45, 7) is 7.22. The predicted octanol–water partition coefficient (Wildman–Crippen LogP) is 3.97. The second-order valence-electron chi connectivity index (χ2n) is 5.08. The van der Waals surface area contributed by atoms with Gasteiger partial charge in [0, 0.05) is 35.4 Å². The fourth-order valence-corrected chi connectivity index (χ4v) is 2.02. The zero-order valence-electron chi connectivity index (χ0n) is 11.6. The van der Waals surface area contributed by atoms with Gasteiger partial charge in [0.25, 0.3) is 0 Å². The van der Waals surface area contributed by atoms with Gasteiger partial charge >= 0.3 is 0 Å². The molecule has 0 aliphatic carbocycles. The molecule has 0 aliphatic rings. The van der Waals surface area contributed by atoms with Crippen molar-refractivity contribution in [1.29, 1.82) is 0 Å². The van der Waals surface area contributed by atoms with Crippen LogP contribution in [-0.2, 0) is 6.54 Å². The first-order chi connectivity index (χ1) is 9.06. The quantitative estimate of drug-likeness (QED) is 0.896. The summed E-state index contributed by atoms with van der Waals surface area (Å²) in [5.41, 5.74) is 2.44. The number of rotatable bonds is 5. The van der Waals surface area contributed by atoms with Crippen molar-refractivity contribution in [3.05, 3.63) is 52.8 Å². The van der Waals surface area contributed by atoms with Crippen molar-refractivity contribution >= 4 is 11.6 Å². The van der Waals surface area contributed by atoms with Crippen LogP contribution in [0.3, 0.4) is 0 Å². The van der Waals surface area contributed by atoms with Crippen molar-refractivity contribution < 1.29 is 0 Å². The predicted molar refractivity (Wildman–Crippen MR) is 79.3 cm³/mol. The maximum atomic E-state index is 5.89. The number of halogens is 1. The van der Waals surface area contributed by atoms with Gasteiger partial charge in [-0.3, -0.25) is 4.68 Å². The van der Waals surface area contributed by atoms with E-state index in [4.69, 9.17) is 11.6 Å². The monoisotopic (exact) mass is 277 g/mol. The number of aromatic nitrogens is 2. The molecular weight excluding hydrogens is 258 g/mol. The van der Waals surface area contributed by atoms with E-state index in [-0.39, 0.29) is 0 Å². The summed E-state index contributed by atoms with van der Waals surface area (Å²) in [6, 6.07) is 8.65. The first kappa shape index (κ1) is 14.1. The number of hydrogen-bond acceptors (Lipinski definition) is 2. The van der Waals surface area contributed by atoms with E-state index in [1.807, 2.05) is 23.0 Å². The lowest BCUT2D eigenvalue weighted by Gasteiger charge is -2.13. The molecule has 0 fully saturated rings. The lowest BCUT2D eigenvalue weighted by Crippen LogP contribution is -2.17. The summed E-state index contributed by atoms with van der Waals surface area (Å²) in [7, 11) is 0. The molecule has 1 aromatic heterocycles. The van der Waals surface area contributed by atoms with Gasteiger partial charge in [-0.25, -0.2) is 0 Å². The Morgan fingerprint density at radius 2 is 1.89 bits per heavy atom. The van der Waals surface area contributed by atoms with Crippen molar-refractivity contribution in [3.8, 4) is 0 Å². The van der Waals surface area contributed by atoms with Crippen molar-refractivity contribution in [1.82, 2.24) is 15.1 Å². The van der Waals surface area contributed by atoms with Gasteiger partial charge < -0.3 is 5.32 Å². The standard InChI is InChI=1S/C15H20ClN3/c1-11(2)19-10-13(9-18-19)8-17-12(3)14-4-6-15(16)7-5-14/h4-7,9-12,17H,8H2,1-3H3/t12-/m1/s1. The third-order valence-corrected chi connectivity index (χ3v) is 3.42. The molecule has 0 unspecified atom stereocenters. The Labute approximate surface area is 119 Å². The van der Waals surface area contributed by atoms with Crippen LogP contribution in [0.2, 0.25) is 5.02 Å². The molecule has 1 heterocycles. The van der Waals surface area contributed by atoms with Gasteiger partial charge in [-0.05, 0) is 38.5 Å². The Bertz CT molecular complexity index is 516. The molecule has 0 saturated carbocycles. The molecule has 0 aliphatic heterocycles. The molecule has 0 saturated heterocycles. The van der Waals surface area contributed by atoms with Crippen LogP contribution >= 0.6 is 11.6 Å². The largest absolute Gasteiger partial charge is 0.306 e. The smallest absolute Gasteiger partial charge is 0.0534 e. The maximum Gasteiger partial charge on any atom is 0.0534 e. The highest BCUT2D eigenvalue weighted by Crippen LogP contribution is 2.16. The highest BCUT2D eigenvalue weighted by Gasteiger charge is 2.06. The molecule has 19 heavy (non-hydrogen) atoms. The van der Waals surface area contributed by atoms with E-state index in [0.29, 0.717) is 12.1 Å². The first-order valence-corrected chi connectivity index (χ1v) is 6.96. The van der Waals surface area contributed by atoms with Crippen LogP contribution in [0.25, 0.3) is 0 Å². The molecule has 4 heteroatoms. The molecule has 2 aromatic rings. The topological polar surface area (TPSA) is 29.9 Å². The summed E-state index contributed by atoms with van der Waals surface area (Å²) < 4.78 is 1.98. The zero-order chi connectivity index (χ0) is 13.8. The minimum absolute atomic E-state index is 0.291. The Morgan fingerprint density at radius 3 is 2.47 bits per heavy atom. The second-order valence-corrected chi connectivity index (χ2v) is 5.51. The third kappa shape index (κ3) is 3.82. The number of hydrogen-bond donors (Lipinski definition) is 1. The van der Waals surface area contributed by atoms with E-state index in [1.54, 1.807) is 0 Å². The average Bonchev–Trinajstić information content (AvgIpc) is 2.86. The van der Waals surface area contributed by atoms with E-state index < -0.39 is 0 Å². The molecule has 1 N–H and O–H groups in total. The number of nitrogens with zero attached hydrogens (tertiary/aromatic N) is 2. The van der Waals surface area contributed by atoms with Crippen molar-refractivity contribution in [2.75, 3.05) is 0 Å². The van der Waals surface area contributed by atoms with E-state index in [9.17, 15) is 0 Å². The normalized spacial score (nSPS) is 12.9. The second kappa shape index (κ2) is 6.22. The van der Waals surface area contributed by atoms with Gasteiger partial charge in [0.1, 0.15) is 0 Å². The van der Waals surface area contributed by atoms with Gasteiger partial charge in [-0.1, -0.05) is 23.7 Å². The first-order valence-electron chi connectivity index (χ1n) is 6.58. The molecule has 1 aromatic carbocycles. The van der Waals surface area contributed by atoms with Gasteiger partial charge in [-0.2, -0.15) is 5.10 Å². The summed E-state index contributed by atoms with van der Waals surface area (Å²) >= 11 is 5.89. The zero-order valence-corrected chi connectivity index (χ0v) is 12.4. The van der Waals surface area contributed by atoms with Crippen molar-refractivity contribution in [3.63, 3.8) is 0 Å². The minimum Gasteiger partial charge on any atom is -0.306 e. The SMILES string of the molecule is CC(C)n1cc(CN[C@H](C)c2ccc(Cl)cc2)cn1. The van der Waals surface area contributed by atoms with E-state index >= 15 is 0 Å². The van der Waals surface area contributed by atoms with E-state index in [1.165, 1.54) is 11.1 Å². The van der Waals surface area contributed by atoms with Crippen LogP contribution in [-0.4, -0.2) is 9.78 Å². The lowest BCUT2D eigenvalue weighted by atomic mass is 10.1. The van der Waals surface area contributed by atoms with Crippen LogP contribution in [0.4, 0.5) is 0 Å². The number of nitrogens with one attached hydrogen (secondary N) is 1. The third-order valence-electron chi connectivity index (χ3n) is 3.17. The molecule has 3 nitrogen and oxygen atoms in total. The molecule has 0 amide bonds. The highest BCUT2D eigenvalue weighted by atomic mass is 35.5. The molecule has 2 rings (SSSR count). The Morgan fingerprint density at radius 1 is 1.21 bits per heavy atom. The summed E-state index contributed by atoms with van der Waals surface area (Å²) in [5, 5.41) is 8.60. The van der Waals surface area contributed by atoms with Gasteiger partial charge in [0.2, 0.25) is 0 Å². The molecule has 0 spiro atoms. The Balaban J connectivity index is 1.92. The molecular formula is C15H20ClN3. The highest BCUT2D eigenvalue weighted by molar-refractivity contribution is 6.30. The Kier molecular flexibility index (Phi) is 4.61. The lowest BCUT2D eigenvalue weighted by molar-refractivity contribution is 0.530. The maximum absolute atomic E-state index is 5.89.